The third-order valence-corrected chi connectivity index (χ3v) is 3.65. The zero-order valence-electron chi connectivity index (χ0n) is 11.6. The number of hydrogen-bond acceptors (Lipinski definition) is 2. The molecule has 0 saturated heterocycles. The number of ether oxygens (including phenoxy) is 1. The minimum Gasteiger partial charge on any atom is -0.494 e. The summed E-state index contributed by atoms with van der Waals surface area (Å²) in [6, 6.07) is 9.81. The van der Waals surface area contributed by atoms with Crippen molar-refractivity contribution in [1.29, 1.82) is 0 Å². The summed E-state index contributed by atoms with van der Waals surface area (Å²) in [5.74, 6) is 0.970. The minimum atomic E-state index is 0.561. The Morgan fingerprint density at radius 2 is 1.89 bits per heavy atom. The van der Waals surface area contributed by atoms with E-state index in [2.05, 4.69) is 36.5 Å². The first-order chi connectivity index (χ1) is 8.78. The van der Waals surface area contributed by atoms with Gasteiger partial charge >= 0.3 is 0 Å². The summed E-state index contributed by atoms with van der Waals surface area (Å²) in [7, 11) is 0. The van der Waals surface area contributed by atoms with Crippen molar-refractivity contribution in [2.75, 3.05) is 6.61 Å². The number of rotatable bonds is 6. The lowest BCUT2D eigenvalue weighted by Crippen LogP contribution is -2.35. The van der Waals surface area contributed by atoms with Gasteiger partial charge in [-0.2, -0.15) is 0 Å². The zero-order chi connectivity index (χ0) is 12.8. The Morgan fingerprint density at radius 1 is 1.22 bits per heavy atom. The van der Waals surface area contributed by atoms with E-state index >= 15 is 0 Å². The van der Waals surface area contributed by atoms with E-state index in [0.29, 0.717) is 6.04 Å². The highest BCUT2D eigenvalue weighted by molar-refractivity contribution is 5.27. The molecule has 1 atom stereocenters. The molecule has 1 aliphatic carbocycles. The van der Waals surface area contributed by atoms with Gasteiger partial charge in [0.15, 0.2) is 0 Å². The average molecular weight is 247 g/mol. The third-order valence-electron chi connectivity index (χ3n) is 3.65. The summed E-state index contributed by atoms with van der Waals surface area (Å²) < 4.78 is 5.46. The molecule has 1 fully saturated rings. The normalized spacial score (nSPS) is 17.9. The second-order valence-electron chi connectivity index (χ2n) is 5.33. The summed E-state index contributed by atoms with van der Waals surface area (Å²) in [5, 5.41) is 3.74. The first kappa shape index (κ1) is 13.4. The molecule has 2 rings (SSSR count). The van der Waals surface area contributed by atoms with Crippen LogP contribution < -0.4 is 10.1 Å². The van der Waals surface area contributed by atoms with Crippen LogP contribution in [0.4, 0.5) is 0 Å². The van der Waals surface area contributed by atoms with Gasteiger partial charge in [0.2, 0.25) is 0 Å². The van der Waals surface area contributed by atoms with E-state index < -0.39 is 0 Å². The SMILES string of the molecule is CCOc1ccc(CC(C)NC2CCCC2)cc1. The molecule has 0 bridgehead atoms. The monoisotopic (exact) mass is 247 g/mol. The Hall–Kier alpha value is -1.02. The minimum absolute atomic E-state index is 0.561. The molecule has 0 heterocycles. The fraction of sp³-hybridized carbons (Fsp3) is 0.625. The van der Waals surface area contributed by atoms with E-state index in [1.165, 1.54) is 31.2 Å². The molecule has 1 N–H and O–H groups in total. The van der Waals surface area contributed by atoms with Crippen LogP contribution in [0.2, 0.25) is 0 Å². The fourth-order valence-electron chi connectivity index (χ4n) is 2.80. The number of nitrogens with one attached hydrogen (secondary N) is 1. The van der Waals surface area contributed by atoms with Gasteiger partial charge in [0.25, 0.3) is 0 Å². The van der Waals surface area contributed by atoms with Crippen LogP contribution in [0.1, 0.15) is 45.1 Å². The van der Waals surface area contributed by atoms with Crippen LogP contribution in [-0.4, -0.2) is 18.7 Å². The van der Waals surface area contributed by atoms with Gasteiger partial charge in [-0.3, -0.25) is 0 Å². The Bertz CT molecular complexity index is 341. The second-order valence-corrected chi connectivity index (χ2v) is 5.33. The van der Waals surface area contributed by atoms with Crippen molar-refractivity contribution >= 4 is 0 Å². The van der Waals surface area contributed by atoms with E-state index in [9.17, 15) is 0 Å². The van der Waals surface area contributed by atoms with Crippen molar-refractivity contribution in [2.24, 2.45) is 0 Å². The average Bonchev–Trinajstić information content (AvgIpc) is 2.84. The molecule has 0 radical (unpaired) electrons. The van der Waals surface area contributed by atoms with Crippen LogP contribution in [-0.2, 0) is 6.42 Å². The van der Waals surface area contributed by atoms with E-state index in [4.69, 9.17) is 4.74 Å². The van der Waals surface area contributed by atoms with E-state index in [1.54, 1.807) is 0 Å². The van der Waals surface area contributed by atoms with E-state index in [1.807, 2.05) is 6.92 Å². The maximum atomic E-state index is 5.46. The van der Waals surface area contributed by atoms with Crippen molar-refractivity contribution in [1.82, 2.24) is 5.32 Å². The molecule has 1 saturated carbocycles. The van der Waals surface area contributed by atoms with E-state index in [-0.39, 0.29) is 0 Å². The van der Waals surface area contributed by atoms with Gasteiger partial charge in [-0.1, -0.05) is 25.0 Å². The Morgan fingerprint density at radius 3 is 2.50 bits per heavy atom. The number of benzene rings is 1. The highest BCUT2D eigenvalue weighted by atomic mass is 16.5. The molecular formula is C16H25NO. The van der Waals surface area contributed by atoms with Gasteiger partial charge in [-0.05, 0) is 50.8 Å². The molecule has 2 heteroatoms. The van der Waals surface area contributed by atoms with Gasteiger partial charge < -0.3 is 10.1 Å². The summed E-state index contributed by atoms with van der Waals surface area (Å²) in [5.41, 5.74) is 1.39. The lowest BCUT2D eigenvalue weighted by Gasteiger charge is -2.19. The van der Waals surface area contributed by atoms with Crippen LogP contribution in [0.15, 0.2) is 24.3 Å². The Balaban J connectivity index is 1.80. The maximum Gasteiger partial charge on any atom is 0.119 e. The van der Waals surface area contributed by atoms with Gasteiger partial charge in [0.1, 0.15) is 5.75 Å². The molecule has 0 aliphatic heterocycles. The molecule has 18 heavy (non-hydrogen) atoms. The van der Waals surface area contributed by atoms with E-state index in [0.717, 1.165) is 24.8 Å². The fourth-order valence-corrected chi connectivity index (χ4v) is 2.80. The smallest absolute Gasteiger partial charge is 0.119 e. The quantitative estimate of drug-likeness (QED) is 0.830. The van der Waals surface area contributed by atoms with Gasteiger partial charge in [-0.15, -0.1) is 0 Å². The molecule has 1 unspecified atom stereocenters. The Labute approximate surface area is 111 Å². The topological polar surface area (TPSA) is 21.3 Å². The molecule has 0 aromatic heterocycles. The van der Waals surface area contributed by atoms with Gasteiger partial charge in [0, 0.05) is 12.1 Å². The molecular weight excluding hydrogens is 222 g/mol. The molecule has 0 spiro atoms. The Kier molecular flexibility index (Phi) is 5.06. The first-order valence-electron chi connectivity index (χ1n) is 7.25. The van der Waals surface area contributed by atoms with Crippen molar-refractivity contribution in [3.05, 3.63) is 29.8 Å². The predicted molar refractivity (Wildman–Crippen MR) is 76.2 cm³/mol. The molecule has 1 aromatic carbocycles. The summed E-state index contributed by atoms with van der Waals surface area (Å²) in [6.07, 6.45) is 6.60. The molecule has 1 aliphatic rings. The highest BCUT2D eigenvalue weighted by Gasteiger charge is 2.16. The van der Waals surface area contributed by atoms with Crippen molar-refractivity contribution < 1.29 is 4.74 Å². The highest BCUT2D eigenvalue weighted by Crippen LogP contribution is 2.19. The van der Waals surface area contributed by atoms with Gasteiger partial charge in [0.05, 0.1) is 6.61 Å². The summed E-state index contributed by atoms with van der Waals surface area (Å²) >= 11 is 0. The van der Waals surface area contributed by atoms with Crippen molar-refractivity contribution in [3.8, 4) is 5.75 Å². The van der Waals surface area contributed by atoms with Crippen LogP contribution in [0, 0.1) is 0 Å². The van der Waals surface area contributed by atoms with Crippen molar-refractivity contribution in [2.45, 2.75) is 58.0 Å². The first-order valence-corrected chi connectivity index (χ1v) is 7.25. The lowest BCUT2D eigenvalue weighted by atomic mass is 10.1. The lowest BCUT2D eigenvalue weighted by molar-refractivity contribution is 0.340. The predicted octanol–water partition coefficient (Wildman–Crippen LogP) is 3.55. The third kappa shape index (κ3) is 4.02. The van der Waals surface area contributed by atoms with Crippen LogP contribution in [0.25, 0.3) is 0 Å². The van der Waals surface area contributed by atoms with Crippen LogP contribution in [0.5, 0.6) is 5.75 Å². The second kappa shape index (κ2) is 6.79. The summed E-state index contributed by atoms with van der Waals surface area (Å²) in [4.78, 5) is 0. The standard InChI is InChI=1S/C16H25NO/c1-3-18-16-10-8-14(9-11-16)12-13(2)17-15-6-4-5-7-15/h8-11,13,15,17H,3-7,12H2,1-2H3. The molecule has 1 aromatic rings. The molecule has 0 amide bonds. The zero-order valence-corrected chi connectivity index (χ0v) is 11.6. The maximum absolute atomic E-state index is 5.46. The number of hydrogen-bond donors (Lipinski definition) is 1. The molecule has 2 nitrogen and oxygen atoms in total. The largest absolute Gasteiger partial charge is 0.494 e. The van der Waals surface area contributed by atoms with Crippen molar-refractivity contribution in [3.63, 3.8) is 0 Å². The summed E-state index contributed by atoms with van der Waals surface area (Å²) in [6.45, 7) is 5.04. The molecule has 100 valence electrons. The van der Waals surface area contributed by atoms with Gasteiger partial charge in [-0.25, -0.2) is 0 Å². The van der Waals surface area contributed by atoms with Crippen LogP contribution in [0.3, 0.4) is 0 Å². The van der Waals surface area contributed by atoms with Crippen LogP contribution >= 0.6 is 0 Å².